The van der Waals surface area contributed by atoms with Gasteiger partial charge in [-0.05, 0) is 36.2 Å². The van der Waals surface area contributed by atoms with Crippen molar-refractivity contribution in [1.82, 2.24) is 10.2 Å². The molecule has 148 valence electrons. The number of halogens is 4. The van der Waals surface area contributed by atoms with Gasteiger partial charge in [0.2, 0.25) is 0 Å². The highest BCUT2D eigenvalue weighted by Crippen LogP contribution is 2.47. The Morgan fingerprint density at radius 3 is 2.43 bits per heavy atom. The molecule has 1 saturated heterocycles. The molecule has 1 aliphatic heterocycles. The highest BCUT2D eigenvalue weighted by atomic mass is 79.9. The fraction of sp³-hybridized carbons (Fsp3) is 0.286. The molecule has 2 aromatic rings. The lowest BCUT2D eigenvalue weighted by molar-refractivity contribution is 0.0174. The maximum Gasteiger partial charge on any atom is 0.270 e. The summed E-state index contributed by atoms with van der Waals surface area (Å²) < 4.78 is 28.1. The zero-order valence-corrected chi connectivity index (χ0v) is 18.1. The summed E-state index contributed by atoms with van der Waals surface area (Å²) >= 11 is 10.00. The van der Waals surface area contributed by atoms with Crippen LogP contribution in [-0.2, 0) is 11.5 Å². The van der Waals surface area contributed by atoms with Crippen LogP contribution in [0.4, 0.5) is 8.78 Å². The number of hydrogen-bond acceptors (Lipinski definition) is 1. The molecule has 0 aliphatic carbocycles. The lowest BCUT2D eigenvalue weighted by Crippen LogP contribution is -2.58. The molecule has 1 fully saturated rings. The Balaban J connectivity index is 2.17. The van der Waals surface area contributed by atoms with E-state index in [2.05, 4.69) is 27.8 Å². The zero-order chi connectivity index (χ0) is 20.9. The summed E-state index contributed by atoms with van der Waals surface area (Å²) in [6.07, 6.45) is 0. The van der Waals surface area contributed by atoms with Gasteiger partial charge in [-0.1, -0.05) is 58.4 Å². The van der Waals surface area contributed by atoms with Gasteiger partial charge in [0.25, 0.3) is 5.92 Å². The molecule has 3 nitrogen and oxygen atoms in total. The number of nitrogens with one attached hydrogen (secondary N) is 2. The largest absolute Gasteiger partial charge is 0.346 e. The second-order valence-electron chi connectivity index (χ2n) is 7.29. The fourth-order valence-electron chi connectivity index (χ4n) is 3.68. The van der Waals surface area contributed by atoms with E-state index in [0.29, 0.717) is 10.7 Å². The van der Waals surface area contributed by atoms with Crippen LogP contribution in [0.1, 0.15) is 36.5 Å². The second kappa shape index (κ2) is 7.16. The van der Waals surface area contributed by atoms with Crippen LogP contribution in [0.3, 0.4) is 0 Å². The van der Waals surface area contributed by atoms with Crippen LogP contribution in [0.5, 0.6) is 0 Å². The Labute approximate surface area is 177 Å². The van der Waals surface area contributed by atoms with Gasteiger partial charge in [0.15, 0.2) is 5.96 Å². The van der Waals surface area contributed by atoms with Crippen LogP contribution in [0.25, 0.3) is 0 Å². The van der Waals surface area contributed by atoms with E-state index in [1.807, 2.05) is 19.1 Å². The molecular weight excluding hydrogens is 448 g/mol. The van der Waals surface area contributed by atoms with Crippen molar-refractivity contribution >= 4 is 33.5 Å². The van der Waals surface area contributed by atoms with Crippen LogP contribution < -0.4 is 5.32 Å². The Kier molecular flexibility index (Phi) is 5.32. The minimum Gasteiger partial charge on any atom is -0.346 e. The Morgan fingerprint density at radius 1 is 1.25 bits per heavy atom. The molecule has 0 amide bonds. The molecule has 2 aromatic carbocycles. The van der Waals surface area contributed by atoms with Gasteiger partial charge in [-0.3, -0.25) is 5.41 Å². The standard InChI is InChI=1S/C21H21BrClF2N3/c1-12-18(13-5-7-14(8-6-13)21(3,24)25)20(2,27-19(26)28(12)4)16-11-15(22)9-10-17(16)23/h5-11,18H,1H2,2-4H3,(H2,26,27)/t18-,20+/m0/s1. The summed E-state index contributed by atoms with van der Waals surface area (Å²) in [7, 11) is 1.75. The summed E-state index contributed by atoms with van der Waals surface area (Å²) in [5.74, 6) is -3.04. The fourth-order valence-corrected chi connectivity index (χ4v) is 4.36. The summed E-state index contributed by atoms with van der Waals surface area (Å²) in [4.78, 5) is 1.65. The molecule has 1 heterocycles. The van der Waals surface area contributed by atoms with Gasteiger partial charge < -0.3 is 10.2 Å². The van der Waals surface area contributed by atoms with Crippen molar-refractivity contribution in [1.29, 1.82) is 5.41 Å². The van der Waals surface area contributed by atoms with E-state index in [9.17, 15) is 8.78 Å². The smallest absolute Gasteiger partial charge is 0.270 e. The van der Waals surface area contributed by atoms with Crippen LogP contribution >= 0.6 is 27.5 Å². The van der Waals surface area contributed by atoms with Gasteiger partial charge in [0, 0.05) is 34.7 Å². The van der Waals surface area contributed by atoms with Gasteiger partial charge in [-0.15, -0.1) is 0 Å². The number of nitrogens with zero attached hydrogens (tertiary/aromatic N) is 1. The second-order valence-corrected chi connectivity index (χ2v) is 8.62. The monoisotopic (exact) mass is 467 g/mol. The van der Waals surface area contributed by atoms with Crippen LogP contribution in [-0.4, -0.2) is 17.9 Å². The summed E-state index contributed by atoms with van der Waals surface area (Å²) in [6, 6.07) is 11.8. The first-order valence-corrected chi connectivity index (χ1v) is 9.85. The van der Waals surface area contributed by atoms with Crippen LogP contribution in [0.15, 0.2) is 59.2 Å². The van der Waals surface area contributed by atoms with E-state index < -0.39 is 11.5 Å². The average molecular weight is 469 g/mol. The molecule has 2 atom stereocenters. The lowest BCUT2D eigenvalue weighted by Gasteiger charge is -2.49. The van der Waals surface area contributed by atoms with Crippen LogP contribution in [0.2, 0.25) is 5.02 Å². The molecule has 1 aliphatic rings. The van der Waals surface area contributed by atoms with E-state index >= 15 is 0 Å². The van der Waals surface area contributed by atoms with E-state index in [-0.39, 0.29) is 17.4 Å². The van der Waals surface area contributed by atoms with E-state index in [1.54, 1.807) is 30.1 Å². The normalized spacial score (nSPS) is 23.0. The molecule has 2 N–H and O–H groups in total. The highest BCUT2D eigenvalue weighted by molar-refractivity contribution is 9.10. The first-order valence-electron chi connectivity index (χ1n) is 8.68. The highest BCUT2D eigenvalue weighted by Gasteiger charge is 2.46. The Morgan fingerprint density at radius 2 is 1.86 bits per heavy atom. The van der Waals surface area contributed by atoms with Crippen LogP contribution in [0, 0.1) is 5.41 Å². The van der Waals surface area contributed by atoms with E-state index in [0.717, 1.165) is 22.5 Å². The predicted octanol–water partition coefficient (Wildman–Crippen LogP) is 6.20. The van der Waals surface area contributed by atoms with Crippen molar-refractivity contribution in [2.75, 3.05) is 7.05 Å². The maximum absolute atomic E-state index is 13.6. The van der Waals surface area contributed by atoms with E-state index in [4.69, 9.17) is 17.0 Å². The zero-order valence-electron chi connectivity index (χ0n) is 15.8. The average Bonchev–Trinajstić information content (AvgIpc) is 2.61. The molecule has 0 radical (unpaired) electrons. The van der Waals surface area contributed by atoms with Crippen molar-refractivity contribution in [3.05, 3.63) is 80.9 Å². The molecule has 0 aromatic heterocycles. The summed E-state index contributed by atoms with van der Waals surface area (Å²) in [6.45, 7) is 7.01. The van der Waals surface area contributed by atoms with Crippen molar-refractivity contribution in [2.45, 2.75) is 31.2 Å². The Bertz CT molecular complexity index is 940. The molecule has 28 heavy (non-hydrogen) atoms. The number of hydrogen-bond donors (Lipinski definition) is 2. The first-order chi connectivity index (χ1) is 12.9. The molecule has 0 saturated carbocycles. The molecule has 3 rings (SSSR count). The number of likely N-dealkylation sites (N-methyl/N-ethyl adjacent to an activating group) is 1. The third-order valence-corrected chi connectivity index (χ3v) is 6.12. The topological polar surface area (TPSA) is 39.1 Å². The van der Waals surface area contributed by atoms with Gasteiger partial charge in [0.1, 0.15) is 0 Å². The summed E-state index contributed by atoms with van der Waals surface area (Å²) in [5, 5.41) is 12.1. The molecule has 7 heteroatoms. The number of benzene rings is 2. The molecule has 0 bridgehead atoms. The van der Waals surface area contributed by atoms with Gasteiger partial charge in [-0.25, -0.2) is 8.78 Å². The van der Waals surface area contributed by atoms with Crippen molar-refractivity contribution in [2.24, 2.45) is 0 Å². The quantitative estimate of drug-likeness (QED) is 0.563. The predicted molar refractivity (Wildman–Crippen MR) is 113 cm³/mol. The van der Waals surface area contributed by atoms with Crippen molar-refractivity contribution in [3.8, 4) is 0 Å². The molecular formula is C21H21BrClF2N3. The van der Waals surface area contributed by atoms with Crippen molar-refractivity contribution in [3.63, 3.8) is 0 Å². The SMILES string of the molecule is C=C1[C@@H](c2ccc(C(C)(F)F)cc2)[C@@](C)(c2cc(Br)ccc2Cl)NC(=N)N1C. The minimum atomic E-state index is -2.91. The van der Waals surface area contributed by atoms with Gasteiger partial charge in [0.05, 0.1) is 11.5 Å². The number of alkyl halides is 2. The first kappa shape index (κ1) is 20.8. The minimum absolute atomic E-state index is 0.0473. The number of rotatable bonds is 3. The third-order valence-electron chi connectivity index (χ3n) is 5.29. The number of guanidine groups is 1. The molecule has 0 unspecified atom stereocenters. The van der Waals surface area contributed by atoms with E-state index in [1.165, 1.54) is 12.1 Å². The Hall–Kier alpha value is -1.92. The van der Waals surface area contributed by atoms with Gasteiger partial charge >= 0.3 is 0 Å². The lowest BCUT2D eigenvalue weighted by atomic mass is 9.72. The molecule has 0 spiro atoms. The summed E-state index contributed by atoms with van der Waals surface area (Å²) in [5.41, 5.74) is 1.44. The van der Waals surface area contributed by atoms with Crippen molar-refractivity contribution < 1.29 is 8.78 Å². The van der Waals surface area contributed by atoms with Gasteiger partial charge in [-0.2, -0.15) is 0 Å². The third kappa shape index (κ3) is 3.55. The maximum atomic E-state index is 13.6.